The van der Waals surface area contributed by atoms with Gasteiger partial charge in [0.1, 0.15) is 0 Å². The molecule has 1 N–H and O–H groups in total. The van der Waals surface area contributed by atoms with Crippen LogP contribution in [0.3, 0.4) is 0 Å². The highest BCUT2D eigenvalue weighted by atomic mass is 16.3. The molecular weight excluding hydrogens is 164 g/mol. The van der Waals surface area contributed by atoms with Crippen LogP contribution >= 0.6 is 0 Å². The Hall–Kier alpha value is -1.09. The smallest absolute Gasteiger partial charge is 0.0696 e. The minimum absolute atomic E-state index is 0.398. The van der Waals surface area contributed by atoms with Gasteiger partial charge in [0, 0.05) is 18.8 Å². The topological polar surface area (TPSA) is 38.0 Å². The Morgan fingerprint density at radius 1 is 1.69 bits per heavy atom. The first kappa shape index (κ1) is 9.99. The number of aromatic nitrogens is 2. The summed E-state index contributed by atoms with van der Waals surface area (Å²) in [6.45, 7) is 3.81. The van der Waals surface area contributed by atoms with Crippen LogP contribution in [0.5, 0.6) is 0 Å². The Balaban J connectivity index is 2.86. The summed E-state index contributed by atoms with van der Waals surface area (Å²) in [6, 6.07) is 0. The molecule has 0 radical (unpaired) electrons. The number of nitrogens with zero attached hydrogens (tertiary/aromatic N) is 2. The van der Waals surface area contributed by atoms with E-state index in [0.717, 1.165) is 17.7 Å². The molecule has 0 fully saturated rings. The van der Waals surface area contributed by atoms with Gasteiger partial charge in [-0.05, 0) is 13.3 Å². The predicted molar refractivity (Wildman–Crippen MR) is 53.3 cm³/mol. The fourth-order valence-corrected chi connectivity index (χ4v) is 1.21. The Kier molecular flexibility index (Phi) is 3.25. The summed E-state index contributed by atoms with van der Waals surface area (Å²) >= 11 is 0. The SMILES string of the molecule is CCc1nn(C)cc1/C=C/C(C)O. The van der Waals surface area contributed by atoms with Gasteiger partial charge in [-0.2, -0.15) is 5.10 Å². The van der Waals surface area contributed by atoms with Crippen LogP contribution in [0.2, 0.25) is 0 Å². The molecule has 1 heterocycles. The van der Waals surface area contributed by atoms with E-state index in [1.165, 1.54) is 0 Å². The van der Waals surface area contributed by atoms with Crippen molar-refractivity contribution in [1.29, 1.82) is 0 Å². The molecule has 3 heteroatoms. The van der Waals surface area contributed by atoms with Crippen molar-refractivity contribution in [2.75, 3.05) is 0 Å². The van der Waals surface area contributed by atoms with Crippen LogP contribution < -0.4 is 0 Å². The van der Waals surface area contributed by atoms with E-state index in [-0.39, 0.29) is 0 Å². The van der Waals surface area contributed by atoms with E-state index in [4.69, 9.17) is 5.11 Å². The van der Waals surface area contributed by atoms with Gasteiger partial charge in [-0.15, -0.1) is 0 Å². The molecule has 3 nitrogen and oxygen atoms in total. The maximum absolute atomic E-state index is 9.07. The Morgan fingerprint density at radius 3 is 2.92 bits per heavy atom. The highest BCUT2D eigenvalue weighted by molar-refractivity contribution is 5.51. The van der Waals surface area contributed by atoms with Crippen molar-refractivity contribution in [3.8, 4) is 0 Å². The lowest BCUT2D eigenvalue weighted by molar-refractivity contribution is 0.245. The van der Waals surface area contributed by atoms with Crippen molar-refractivity contribution in [3.63, 3.8) is 0 Å². The second-order valence-electron chi connectivity index (χ2n) is 3.16. The zero-order valence-corrected chi connectivity index (χ0v) is 8.36. The van der Waals surface area contributed by atoms with Crippen molar-refractivity contribution in [3.05, 3.63) is 23.5 Å². The normalized spacial score (nSPS) is 13.8. The van der Waals surface area contributed by atoms with Gasteiger partial charge < -0.3 is 5.11 Å². The van der Waals surface area contributed by atoms with E-state index in [0.29, 0.717) is 0 Å². The molecule has 0 spiro atoms. The van der Waals surface area contributed by atoms with Gasteiger partial charge in [-0.25, -0.2) is 0 Å². The lowest BCUT2D eigenvalue weighted by Gasteiger charge is -1.93. The Bertz CT molecular complexity index is 300. The Morgan fingerprint density at radius 2 is 2.38 bits per heavy atom. The first-order valence-corrected chi connectivity index (χ1v) is 4.52. The highest BCUT2D eigenvalue weighted by Crippen LogP contribution is 2.09. The number of hydrogen-bond donors (Lipinski definition) is 1. The lowest BCUT2D eigenvalue weighted by Crippen LogP contribution is -1.92. The number of aliphatic hydroxyl groups is 1. The summed E-state index contributed by atoms with van der Waals surface area (Å²) in [7, 11) is 1.90. The van der Waals surface area contributed by atoms with Crippen LogP contribution in [0.25, 0.3) is 6.08 Å². The standard InChI is InChI=1S/C10H16N2O/c1-4-10-9(6-5-8(2)13)7-12(3)11-10/h5-8,13H,4H2,1-3H3/b6-5+. The van der Waals surface area contributed by atoms with Crippen molar-refractivity contribution < 1.29 is 5.11 Å². The lowest BCUT2D eigenvalue weighted by atomic mass is 10.2. The molecule has 1 aromatic heterocycles. The largest absolute Gasteiger partial charge is 0.389 e. The fraction of sp³-hybridized carbons (Fsp3) is 0.500. The molecule has 1 atom stereocenters. The summed E-state index contributed by atoms with van der Waals surface area (Å²) < 4.78 is 1.79. The molecule has 0 saturated carbocycles. The van der Waals surface area contributed by atoms with Crippen LogP contribution in [0.4, 0.5) is 0 Å². The maximum Gasteiger partial charge on any atom is 0.0696 e. The van der Waals surface area contributed by atoms with Gasteiger partial charge in [0.2, 0.25) is 0 Å². The summed E-state index contributed by atoms with van der Waals surface area (Å²) in [6.07, 6.45) is 6.15. The van der Waals surface area contributed by atoms with Crippen LogP contribution in [0.15, 0.2) is 12.3 Å². The molecular formula is C10H16N2O. The molecule has 0 saturated heterocycles. The molecule has 1 rings (SSSR count). The number of aryl methyl sites for hydroxylation is 2. The molecule has 72 valence electrons. The minimum Gasteiger partial charge on any atom is -0.389 e. The molecule has 0 aromatic carbocycles. The number of aliphatic hydroxyl groups excluding tert-OH is 1. The van der Waals surface area contributed by atoms with E-state index < -0.39 is 6.10 Å². The molecule has 0 amide bonds. The van der Waals surface area contributed by atoms with Crippen molar-refractivity contribution in [1.82, 2.24) is 9.78 Å². The van der Waals surface area contributed by atoms with E-state index >= 15 is 0 Å². The van der Waals surface area contributed by atoms with Gasteiger partial charge in [0.05, 0.1) is 11.8 Å². The average molecular weight is 180 g/mol. The summed E-state index contributed by atoms with van der Waals surface area (Å²) in [5, 5.41) is 13.4. The van der Waals surface area contributed by atoms with Gasteiger partial charge in [0.15, 0.2) is 0 Å². The van der Waals surface area contributed by atoms with Gasteiger partial charge >= 0.3 is 0 Å². The zero-order valence-electron chi connectivity index (χ0n) is 8.36. The molecule has 0 aliphatic carbocycles. The van der Waals surface area contributed by atoms with Crippen LogP contribution in [0.1, 0.15) is 25.1 Å². The van der Waals surface area contributed by atoms with Gasteiger partial charge in [0.25, 0.3) is 0 Å². The average Bonchev–Trinajstić information content (AvgIpc) is 2.42. The second kappa shape index (κ2) is 4.23. The molecule has 0 bridgehead atoms. The van der Waals surface area contributed by atoms with Gasteiger partial charge in [-0.1, -0.05) is 19.1 Å². The third-order valence-corrected chi connectivity index (χ3v) is 1.83. The monoisotopic (exact) mass is 180 g/mol. The third kappa shape index (κ3) is 2.70. The molecule has 0 aliphatic heterocycles. The minimum atomic E-state index is -0.398. The first-order chi connectivity index (χ1) is 6.13. The van der Waals surface area contributed by atoms with Crippen molar-refractivity contribution >= 4 is 6.08 Å². The van der Waals surface area contributed by atoms with E-state index in [1.54, 1.807) is 17.7 Å². The molecule has 13 heavy (non-hydrogen) atoms. The molecule has 1 aromatic rings. The van der Waals surface area contributed by atoms with Crippen molar-refractivity contribution in [2.24, 2.45) is 7.05 Å². The van der Waals surface area contributed by atoms with Crippen LogP contribution in [0, 0.1) is 0 Å². The van der Waals surface area contributed by atoms with Crippen molar-refractivity contribution in [2.45, 2.75) is 26.4 Å². The maximum atomic E-state index is 9.07. The first-order valence-electron chi connectivity index (χ1n) is 4.52. The summed E-state index contributed by atoms with van der Waals surface area (Å²) in [4.78, 5) is 0. The van der Waals surface area contributed by atoms with Crippen LogP contribution in [-0.2, 0) is 13.5 Å². The highest BCUT2D eigenvalue weighted by Gasteiger charge is 2.01. The summed E-state index contributed by atoms with van der Waals surface area (Å²) in [5.74, 6) is 0. The number of rotatable bonds is 3. The van der Waals surface area contributed by atoms with Crippen LogP contribution in [-0.4, -0.2) is 21.0 Å². The predicted octanol–water partition coefficient (Wildman–Crippen LogP) is 1.38. The Labute approximate surface area is 78.7 Å². The summed E-state index contributed by atoms with van der Waals surface area (Å²) in [5.41, 5.74) is 2.16. The zero-order chi connectivity index (χ0) is 9.84. The quantitative estimate of drug-likeness (QED) is 0.763. The van der Waals surface area contributed by atoms with Gasteiger partial charge in [-0.3, -0.25) is 4.68 Å². The molecule has 0 aliphatic rings. The van der Waals surface area contributed by atoms with E-state index in [2.05, 4.69) is 12.0 Å². The second-order valence-corrected chi connectivity index (χ2v) is 3.16. The van der Waals surface area contributed by atoms with E-state index in [1.807, 2.05) is 19.3 Å². The molecule has 1 unspecified atom stereocenters. The third-order valence-electron chi connectivity index (χ3n) is 1.83. The number of hydrogen-bond acceptors (Lipinski definition) is 2. The fourth-order valence-electron chi connectivity index (χ4n) is 1.21. The van der Waals surface area contributed by atoms with E-state index in [9.17, 15) is 0 Å².